The van der Waals surface area contributed by atoms with Gasteiger partial charge in [0.2, 0.25) is 0 Å². The van der Waals surface area contributed by atoms with E-state index in [0.29, 0.717) is 0 Å². The summed E-state index contributed by atoms with van der Waals surface area (Å²) in [5.74, 6) is 0. The normalized spacial score (nSPS) is 12.0. The summed E-state index contributed by atoms with van der Waals surface area (Å²) in [6, 6.07) is 0. The molecular formula is C10H18N2OS. The number of nitrogens with one attached hydrogen (secondary N) is 1. The maximum Gasteiger partial charge on any atom is 0.0798 e. The van der Waals surface area contributed by atoms with Crippen molar-refractivity contribution in [1.82, 2.24) is 10.3 Å². The Hall–Kier alpha value is -0.450. The molecule has 0 fully saturated rings. The van der Waals surface area contributed by atoms with Crippen LogP contribution in [0, 0.1) is 12.3 Å². The molecule has 14 heavy (non-hydrogen) atoms. The fourth-order valence-corrected chi connectivity index (χ4v) is 1.81. The Morgan fingerprint density at radius 1 is 1.57 bits per heavy atom. The van der Waals surface area contributed by atoms with Crippen LogP contribution in [-0.4, -0.2) is 23.2 Å². The summed E-state index contributed by atoms with van der Waals surface area (Å²) in [5.41, 5.74) is 2.92. The SMILES string of the molecule is Cc1ncsc1CNCC(C)(C)CO. The van der Waals surface area contributed by atoms with Gasteiger partial charge in [-0.2, -0.15) is 0 Å². The maximum absolute atomic E-state index is 9.06. The number of aromatic nitrogens is 1. The average Bonchev–Trinajstić information content (AvgIpc) is 2.52. The fourth-order valence-electron chi connectivity index (χ4n) is 1.07. The van der Waals surface area contributed by atoms with E-state index in [1.54, 1.807) is 11.3 Å². The van der Waals surface area contributed by atoms with Crippen LogP contribution in [0.25, 0.3) is 0 Å². The molecule has 0 atom stereocenters. The molecule has 3 nitrogen and oxygen atoms in total. The molecule has 80 valence electrons. The zero-order chi connectivity index (χ0) is 10.6. The first-order valence-electron chi connectivity index (χ1n) is 4.76. The van der Waals surface area contributed by atoms with E-state index in [1.165, 1.54) is 4.88 Å². The summed E-state index contributed by atoms with van der Waals surface area (Å²) in [5, 5.41) is 12.4. The van der Waals surface area contributed by atoms with Gasteiger partial charge in [0, 0.05) is 30.0 Å². The van der Waals surface area contributed by atoms with E-state index in [-0.39, 0.29) is 12.0 Å². The Balaban J connectivity index is 2.32. The van der Waals surface area contributed by atoms with Gasteiger partial charge >= 0.3 is 0 Å². The predicted molar refractivity (Wildman–Crippen MR) is 59.4 cm³/mol. The van der Waals surface area contributed by atoms with E-state index < -0.39 is 0 Å². The zero-order valence-electron chi connectivity index (χ0n) is 9.00. The Bertz CT molecular complexity index is 283. The zero-order valence-corrected chi connectivity index (χ0v) is 9.82. The van der Waals surface area contributed by atoms with Gasteiger partial charge in [-0.3, -0.25) is 0 Å². The van der Waals surface area contributed by atoms with Gasteiger partial charge in [0.25, 0.3) is 0 Å². The first-order valence-corrected chi connectivity index (χ1v) is 5.64. The maximum atomic E-state index is 9.06. The monoisotopic (exact) mass is 214 g/mol. The number of thiazole rings is 1. The molecule has 0 aliphatic rings. The van der Waals surface area contributed by atoms with E-state index in [4.69, 9.17) is 5.11 Å². The van der Waals surface area contributed by atoms with Gasteiger partial charge < -0.3 is 10.4 Å². The number of aryl methyl sites for hydroxylation is 1. The molecule has 2 N–H and O–H groups in total. The Morgan fingerprint density at radius 2 is 2.29 bits per heavy atom. The van der Waals surface area contributed by atoms with Gasteiger partial charge in [-0.05, 0) is 6.92 Å². The Morgan fingerprint density at radius 3 is 2.79 bits per heavy atom. The lowest BCUT2D eigenvalue weighted by atomic mass is 9.95. The van der Waals surface area contributed by atoms with Crippen molar-refractivity contribution in [3.8, 4) is 0 Å². The second-order valence-electron chi connectivity index (χ2n) is 4.29. The van der Waals surface area contributed by atoms with Gasteiger partial charge in [0.1, 0.15) is 0 Å². The minimum absolute atomic E-state index is 0.0431. The third-order valence-corrected chi connectivity index (χ3v) is 3.10. The van der Waals surface area contributed by atoms with Crippen molar-refractivity contribution >= 4 is 11.3 Å². The lowest BCUT2D eigenvalue weighted by Gasteiger charge is -2.21. The van der Waals surface area contributed by atoms with Crippen molar-refractivity contribution in [2.45, 2.75) is 27.3 Å². The Kier molecular flexibility index (Phi) is 4.04. The van der Waals surface area contributed by atoms with Crippen LogP contribution in [-0.2, 0) is 6.54 Å². The summed E-state index contributed by atoms with van der Waals surface area (Å²) in [7, 11) is 0. The van der Waals surface area contributed by atoms with E-state index in [9.17, 15) is 0 Å². The fraction of sp³-hybridized carbons (Fsp3) is 0.700. The van der Waals surface area contributed by atoms with Crippen LogP contribution >= 0.6 is 11.3 Å². The van der Waals surface area contributed by atoms with E-state index in [1.807, 2.05) is 26.3 Å². The second-order valence-corrected chi connectivity index (χ2v) is 5.23. The number of nitrogens with zero attached hydrogens (tertiary/aromatic N) is 1. The highest BCUT2D eigenvalue weighted by Gasteiger charge is 2.15. The lowest BCUT2D eigenvalue weighted by molar-refractivity contribution is 0.157. The molecule has 0 radical (unpaired) electrons. The summed E-state index contributed by atoms with van der Waals surface area (Å²) in [4.78, 5) is 5.46. The quantitative estimate of drug-likeness (QED) is 0.782. The molecule has 1 aromatic rings. The molecule has 0 spiro atoms. The van der Waals surface area contributed by atoms with Crippen molar-refractivity contribution < 1.29 is 5.11 Å². The van der Waals surface area contributed by atoms with Crippen LogP contribution in [0.15, 0.2) is 5.51 Å². The number of hydrogen-bond donors (Lipinski definition) is 2. The molecule has 1 heterocycles. The van der Waals surface area contributed by atoms with Gasteiger partial charge in [-0.25, -0.2) is 4.98 Å². The van der Waals surface area contributed by atoms with Gasteiger partial charge in [0.05, 0.1) is 11.2 Å². The molecule has 0 aliphatic heterocycles. The first kappa shape index (κ1) is 11.6. The molecule has 0 saturated carbocycles. The molecule has 1 rings (SSSR count). The highest BCUT2D eigenvalue weighted by molar-refractivity contribution is 7.09. The first-order chi connectivity index (χ1) is 6.55. The van der Waals surface area contributed by atoms with Crippen LogP contribution in [0.5, 0.6) is 0 Å². The highest BCUT2D eigenvalue weighted by atomic mass is 32.1. The number of aliphatic hydroxyl groups is 1. The lowest BCUT2D eigenvalue weighted by Crippen LogP contribution is -2.31. The third-order valence-electron chi connectivity index (χ3n) is 2.16. The summed E-state index contributed by atoms with van der Waals surface area (Å²) in [6.45, 7) is 7.98. The number of rotatable bonds is 5. The molecule has 4 heteroatoms. The van der Waals surface area contributed by atoms with E-state index in [2.05, 4.69) is 10.3 Å². The summed E-state index contributed by atoms with van der Waals surface area (Å²) < 4.78 is 0. The largest absolute Gasteiger partial charge is 0.396 e. The number of hydrogen-bond acceptors (Lipinski definition) is 4. The minimum atomic E-state index is -0.0431. The molecule has 0 aliphatic carbocycles. The summed E-state index contributed by atoms with van der Waals surface area (Å²) >= 11 is 1.67. The molecule has 1 aromatic heterocycles. The standard InChI is InChI=1S/C10H18N2OS/c1-8-9(14-7-12-8)4-11-5-10(2,3)6-13/h7,11,13H,4-6H2,1-3H3. The molecule has 0 aromatic carbocycles. The Labute approximate surface area is 89.2 Å². The van der Waals surface area contributed by atoms with Crippen LogP contribution in [0.3, 0.4) is 0 Å². The van der Waals surface area contributed by atoms with Crippen molar-refractivity contribution in [2.24, 2.45) is 5.41 Å². The average molecular weight is 214 g/mol. The van der Waals surface area contributed by atoms with Crippen molar-refractivity contribution in [3.05, 3.63) is 16.1 Å². The van der Waals surface area contributed by atoms with Gasteiger partial charge in [0.15, 0.2) is 0 Å². The molecule has 0 amide bonds. The molecule has 0 unspecified atom stereocenters. The van der Waals surface area contributed by atoms with E-state index >= 15 is 0 Å². The number of aliphatic hydroxyl groups excluding tert-OH is 1. The second kappa shape index (κ2) is 4.87. The smallest absolute Gasteiger partial charge is 0.0798 e. The van der Waals surface area contributed by atoms with Gasteiger partial charge in [-0.1, -0.05) is 13.8 Å². The van der Waals surface area contributed by atoms with Crippen molar-refractivity contribution in [2.75, 3.05) is 13.2 Å². The van der Waals surface area contributed by atoms with Crippen LogP contribution in [0.1, 0.15) is 24.4 Å². The predicted octanol–water partition coefficient (Wildman–Crippen LogP) is 1.56. The van der Waals surface area contributed by atoms with Gasteiger partial charge in [-0.15, -0.1) is 11.3 Å². The van der Waals surface area contributed by atoms with E-state index in [0.717, 1.165) is 18.8 Å². The highest BCUT2D eigenvalue weighted by Crippen LogP contribution is 2.14. The van der Waals surface area contributed by atoms with Crippen LogP contribution in [0.4, 0.5) is 0 Å². The van der Waals surface area contributed by atoms with Crippen molar-refractivity contribution in [3.63, 3.8) is 0 Å². The van der Waals surface area contributed by atoms with Crippen LogP contribution < -0.4 is 5.32 Å². The molecular weight excluding hydrogens is 196 g/mol. The molecule has 0 bridgehead atoms. The molecule has 0 saturated heterocycles. The third kappa shape index (κ3) is 3.36. The summed E-state index contributed by atoms with van der Waals surface area (Å²) in [6.07, 6.45) is 0. The van der Waals surface area contributed by atoms with Crippen LogP contribution in [0.2, 0.25) is 0 Å². The topological polar surface area (TPSA) is 45.2 Å². The minimum Gasteiger partial charge on any atom is -0.396 e. The van der Waals surface area contributed by atoms with Crippen molar-refractivity contribution in [1.29, 1.82) is 0 Å².